The number of piperazine rings is 1. The molecular formula is C13H23N3O4. The monoisotopic (exact) mass is 285 g/mol. The van der Waals surface area contributed by atoms with Crippen molar-refractivity contribution >= 4 is 12.0 Å². The highest BCUT2D eigenvalue weighted by Gasteiger charge is 2.30. The maximum Gasteiger partial charge on any atom is 0.320 e. The van der Waals surface area contributed by atoms with Gasteiger partial charge in [0.25, 0.3) is 0 Å². The molecule has 20 heavy (non-hydrogen) atoms. The summed E-state index contributed by atoms with van der Waals surface area (Å²) in [5.74, 6) is -0.772. The smallest absolute Gasteiger partial charge is 0.320 e. The van der Waals surface area contributed by atoms with E-state index in [1.807, 2.05) is 9.80 Å². The normalized spacial score (nSPS) is 24.1. The van der Waals surface area contributed by atoms with E-state index in [1.165, 1.54) is 0 Å². The molecule has 2 amide bonds. The van der Waals surface area contributed by atoms with Crippen molar-refractivity contribution in [2.24, 2.45) is 0 Å². The van der Waals surface area contributed by atoms with Gasteiger partial charge in [0, 0.05) is 52.9 Å². The van der Waals surface area contributed by atoms with Gasteiger partial charge in [-0.05, 0) is 6.42 Å². The molecule has 2 heterocycles. The number of carbonyl (C=O) groups is 2. The Kier molecular flexibility index (Phi) is 5.19. The van der Waals surface area contributed by atoms with Crippen molar-refractivity contribution in [2.75, 3.05) is 52.9 Å². The quantitative estimate of drug-likeness (QED) is 0.782. The third-order valence-corrected chi connectivity index (χ3v) is 4.03. The van der Waals surface area contributed by atoms with Crippen LogP contribution in [0.15, 0.2) is 0 Å². The van der Waals surface area contributed by atoms with Crippen molar-refractivity contribution in [3.63, 3.8) is 0 Å². The van der Waals surface area contributed by atoms with E-state index in [1.54, 1.807) is 7.11 Å². The average Bonchev–Trinajstić information content (AvgIpc) is 2.94. The Labute approximate surface area is 119 Å². The molecule has 2 fully saturated rings. The first-order valence-corrected chi connectivity index (χ1v) is 7.11. The first-order chi connectivity index (χ1) is 9.60. The molecule has 7 nitrogen and oxygen atoms in total. The summed E-state index contributed by atoms with van der Waals surface area (Å²) in [6, 6.07) is 0.0856. The zero-order valence-corrected chi connectivity index (χ0v) is 12.0. The molecule has 1 unspecified atom stereocenters. The molecule has 0 saturated carbocycles. The molecule has 0 aromatic rings. The van der Waals surface area contributed by atoms with Crippen molar-refractivity contribution in [1.82, 2.24) is 14.7 Å². The Hall–Kier alpha value is -1.34. The van der Waals surface area contributed by atoms with Gasteiger partial charge < -0.3 is 19.6 Å². The van der Waals surface area contributed by atoms with Gasteiger partial charge in [0.05, 0.1) is 12.5 Å². The summed E-state index contributed by atoms with van der Waals surface area (Å²) in [6.07, 6.45) is 1.23. The Morgan fingerprint density at radius 3 is 2.40 bits per heavy atom. The van der Waals surface area contributed by atoms with Crippen molar-refractivity contribution in [3.05, 3.63) is 0 Å². The minimum Gasteiger partial charge on any atom is -0.481 e. The second kappa shape index (κ2) is 6.90. The molecule has 0 radical (unpaired) electrons. The lowest BCUT2D eigenvalue weighted by Gasteiger charge is -2.36. The number of carboxylic acids is 1. The van der Waals surface area contributed by atoms with Gasteiger partial charge in [-0.1, -0.05) is 0 Å². The average molecular weight is 285 g/mol. The molecule has 0 aromatic heterocycles. The second-order valence-electron chi connectivity index (χ2n) is 5.35. The highest BCUT2D eigenvalue weighted by atomic mass is 16.5. The Morgan fingerprint density at radius 2 is 1.85 bits per heavy atom. The van der Waals surface area contributed by atoms with Crippen LogP contribution in [0.2, 0.25) is 0 Å². The molecule has 2 rings (SSSR count). The number of likely N-dealkylation sites (tertiary alicyclic amines) is 1. The van der Waals surface area contributed by atoms with Gasteiger partial charge >= 0.3 is 12.0 Å². The second-order valence-corrected chi connectivity index (χ2v) is 5.35. The van der Waals surface area contributed by atoms with Crippen LogP contribution >= 0.6 is 0 Å². The zero-order chi connectivity index (χ0) is 14.5. The Balaban J connectivity index is 1.73. The van der Waals surface area contributed by atoms with E-state index in [4.69, 9.17) is 9.84 Å². The predicted molar refractivity (Wildman–Crippen MR) is 72.6 cm³/mol. The van der Waals surface area contributed by atoms with Crippen LogP contribution in [0.3, 0.4) is 0 Å². The van der Waals surface area contributed by atoms with E-state index >= 15 is 0 Å². The van der Waals surface area contributed by atoms with Crippen LogP contribution < -0.4 is 0 Å². The standard InChI is InChI=1S/C13H23N3O4/c1-20-11-2-5-16(10-11)13(19)15-8-6-14(7-9-15)4-3-12(17)18/h11H,2-10H2,1H3,(H,17,18). The van der Waals surface area contributed by atoms with E-state index in [0.29, 0.717) is 26.2 Å². The highest BCUT2D eigenvalue weighted by molar-refractivity contribution is 5.75. The number of urea groups is 1. The molecule has 2 aliphatic rings. The molecule has 0 spiro atoms. The maximum absolute atomic E-state index is 12.3. The summed E-state index contributed by atoms with van der Waals surface area (Å²) in [7, 11) is 1.68. The number of carbonyl (C=O) groups excluding carboxylic acids is 1. The van der Waals surface area contributed by atoms with Crippen LogP contribution in [0.1, 0.15) is 12.8 Å². The van der Waals surface area contributed by atoms with Crippen LogP contribution in [0.5, 0.6) is 0 Å². The van der Waals surface area contributed by atoms with Gasteiger partial charge in [-0.25, -0.2) is 4.79 Å². The lowest BCUT2D eigenvalue weighted by atomic mass is 10.3. The molecular weight excluding hydrogens is 262 g/mol. The molecule has 1 atom stereocenters. The van der Waals surface area contributed by atoms with Gasteiger partial charge in [0.2, 0.25) is 0 Å². The summed E-state index contributed by atoms with van der Waals surface area (Å²) < 4.78 is 5.27. The van der Waals surface area contributed by atoms with Crippen LogP contribution in [0.4, 0.5) is 4.79 Å². The molecule has 2 saturated heterocycles. The summed E-state index contributed by atoms with van der Waals surface area (Å²) in [4.78, 5) is 28.7. The molecule has 114 valence electrons. The molecule has 2 aliphatic heterocycles. The first-order valence-electron chi connectivity index (χ1n) is 7.11. The van der Waals surface area contributed by atoms with Gasteiger partial charge in [-0.2, -0.15) is 0 Å². The predicted octanol–water partition coefficient (Wildman–Crippen LogP) is -0.0806. The van der Waals surface area contributed by atoms with E-state index in [9.17, 15) is 9.59 Å². The van der Waals surface area contributed by atoms with Crippen molar-refractivity contribution < 1.29 is 19.4 Å². The minimum absolute atomic E-state index is 0.0856. The lowest BCUT2D eigenvalue weighted by molar-refractivity contribution is -0.137. The summed E-state index contributed by atoms with van der Waals surface area (Å²) >= 11 is 0. The molecule has 7 heteroatoms. The lowest BCUT2D eigenvalue weighted by Crippen LogP contribution is -2.52. The molecule has 0 aromatic carbocycles. The third kappa shape index (κ3) is 3.83. The fraction of sp³-hybridized carbons (Fsp3) is 0.846. The topological polar surface area (TPSA) is 73.3 Å². The molecule has 0 bridgehead atoms. The number of carboxylic acid groups (broad SMARTS) is 1. The summed E-state index contributed by atoms with van der Waals surface area (Å²) in [5.41, 5.74) is 0. The Bertz CT molecular complexity index is 356. The Morgan fingerprint density at radius 1 is 1.15 bits per heavy atom. The maximum atomic E-state index is 12.3. The fourth-order valence-corrected chi connectivity index (χ4v) is 2.71. The highest BCUT2D eigenvalue weighted by Crippen LogP contribution is 2.15. The van der Waals surface area contributed by atoms with Gasteiger partial charge in [0.15, 0.2) is 0 Å². The molecule has 0 aliphatic carbocycles. The first kappa shape index (κ1) is 15.1. The largest absolute Gasteiger partial charge is 0.481 e. The SMILES string of the molecule is COC1CCN(C(=O)N2CCN(CCC(=O)O)CC2)C1. The summed E-state index contributed by atoms with van der Waals surface area (Å²) in [6.45, 7) is 4.85. The number of amides is 2. The number of rotatable bonds is 4. The summed E-state index contributed by atoms with van der Waals surface area (Å²) in [5, 5.41) is 8.67. The van der Waals surface area contributed by atoms with E-state index in [0.717, 1.165) is 26.1 Å². The number of ether oxygens (including phenoxy) is 1. The van der Waals surface area contributed by atoms with E-state index in [2.05, 4.69) is 4.90 Å². The number of nitrogens with zero attached hydrogens (tertiary/aromatic N) is 3. The fourth-order valence-electron chi connectivity index (χ4n) is 2.71. The van der Waals surface area contributed by atoms with Crippen LogP contribution in [-0.2, 0) is 9.53 Å². The number of aliphatic carboxylic acids is 1. The number of hydrogen-bond donors (Lipinski definition) is 1. The number of hydrogen-bond acceptors (Lipinski definition) is 4. The van der Waals surface area contributed by atoms with Gasteiger partial charge in [-0.3, -0.25) is 9.69 Å². The van der Waals surface area contributed by atoms with Crippen LogP contribution in [0, 0.1) is 0 Å². The van der Waals surface area contributed by atoms with Crippen LogP contribution in [-0.4, -0.2) is 90.8 Å². The van der Waals surface area contributed by atoms with Crippen molar-refractivity contribution in [3.8, 4) is 0 Å². The number of methoxy groups -OCH3 is 1. The zero-order valence-electron chi connectivity index (χ0n) is 12.0. The van der Waals surface area contributed by atoms with Gasteiger partial charge in [0.1, 0.15) is 0 Å². The van der Waals surface area contributed by atoms with Gasteiger partial charge in [-0.15, -0.1) is 0 Å². The minimum atomic E-state index is -0.772. The van der Waals surface area contributed by atoms with Crippen LogP contribution in [0.25, 0.3) is 0 Å². The van der Waals surface area contributed by atoms with E-state index < -0.39 is 5.97 Å². The van der Waals surface area contributed by atoms with E-state index in [-0.39, 0.29) is 18.6 Å². The molecule has 1 N–H and O–H groups in total. The van der Waals surface area contributed by atoms with Crippen molar-refractivity contribution in [2.45, 2.75) is 18.9 Å². The van der Waals surface area contributed by atoms with Crippen molar-refractivity contribution in [1.29, 1.82) is 0 Å². The third-order valence-electron chi connectivity index (χ3n) is 4.03.